The predicted octanol–water partition coefficient (Wildman–Crippen LogP) is 2.94. The van der Waals surface area contributed by atoms with Crippen LogP contribution in [0.25, 0.3) is 0 Å². The van der Waals surface area contributed by atoms with Crippen LogP contribution in [0.1, 0.15) is 18.1 Å². The molecule has 1 aromatic rings. The molecule has 0 aromatic heterocycles. The quantitative estimate of drug-likeness (QED) is 0.762. The van der Waals surface area contributed by atoms with E-state index in [9.17, 15) is 4.39 Å². The van der Waals surface area contributed by atoms with Gasteiger partial charge in [-0.15, -0.1) is 0 Å². The van der Waals surface area contributed by atoms with Crippen molar-refractivity contribution in [2.24, 2.45) is 0 Å². The summed E-state index contributed by atoms with van der Waals surface area (Å²) < 4.78 is 13.2. The number of nitrogens with one attached hydrogen (secondary N) is 1. The van der Waals surface area contributed by atoms with E-state index in [0.29, 0.717) is 10.6 Å². The molecule has 0 saturated heterocycles. The van der Waals surface area contributed by atoms with Gasteiger partial charge in [-0.25, -0.2) is 4.39 Å². The third kappa shape index (κ3) is 2.96. The van der Waals surface area contributed by atoms with Gasteiger partial charge in [0.1, 0.15) is 5.82 Å². The van der Waals surface area contributed by atoms with Gasteiger partial charge in [-0.3, -0.25) is 0 Å². The van der Waals surface area contributed by atoms with Crippen LogP contribution in [0.5, 0.6) is 0 Å². The van der Waals surface area contributed by atoms with Crippen molar-refractivity contribution in [1.82, 2.24) is 5.32 Å². The van der Waals surface area contributed by atoms with Crippen molar-refractivity contribution in [1.29, 1.82) is 0 Å². The molecule has 0 amide bonds. The number of aryl methyl sites for hydroxylation is 1. The number of likely N-dealkylation sites (N-methyl/N-ethyl adjacent to an activating group) is 1. The lowest BCUT2D eigenvalue weighted by atomic mass is 10.1. The number of rotatable bonds is 4. The Labute approximate surface area is 89.3 Å². The van der Waals surface area contributed by atoms with E-state index in [1.54, 1.807) is 13.0 Å². The highest BCUT2D eigenvalue weighted by atomic mass is 35.5. The first-order valence-corrected chi connectivity index (χ1v) is 5.18. The van der Waals surface area contributed by atoms with Crippen LogP contribution in [-0.4, -0.2) is 13.1 Å². The smallest absolute Gasteiger partial charge is 0.126 e. The molecular formula is C11H15ClFN. The number of halogens is 2. The Morgan fingerprint density at radius 2 is 2.14 bits per heavy atom. The molecule has 0 bridgehead atoms. The maximum absolute atomic E-state index is 13.2. The van der Waals surface area contributed by atoms with Crippen molar-refractivity contribution >= 4 is 11.6 Å². The van der Waals surface area contributed by atoms with E-state index in [1.165, 1.54) is 6.07 Å². The molecule has 0 spiro atoms. The molecular weight excluding hydrogens is 201 g/mol. The third-order valence-electron chi connectivity index (χ3n) is 2.15. The summed E-state index contributed by atoms with van der Waals surface area (Å²) in [6.07, 6.45) is 0.768. The predicted molar refractivity (Wildman–Crippen MR) is 58.4 cm³/mol. The molecule has 1 N–H and O–H groups in total. The maximum Gasteiger partial charge on any atom is 0.126 e. The zero-order valence-electron chi connectivity index (χ0n) is 8.53. The number of benzene rings is 1. The summed E-state index contributed by atoms with van der Waals surface area (Å²) in [4.78, 5) is 0. The molecule has 1 nitrogen and oxygen atoms in total. The fourth-order valence-electron chi connectivity index (χ4n) is 1.28. The number of hydrogen-bond acceptors (Lipinski definition) is 1. The monoisotopic (exact) mass is 215 g/mol. The first-order chi connectivity index (χ1) is 6.65. The molecule has 3 heteroatoms. The summed E-state index contributed by atoms with van der Waals surface area (Å²) in [7, 11) is 0. The van der Waals surface area contributed by atoms with Crippen LogP contribution in [0.15, 0.2) is 12.1 Å². The molecule has 0 atom stereocenters. The van der Waals surface area contributed by atoms with Gasteiger partial charge in [-0.2, -0.15) is 0 Å². The second-order valence-electron chi connectivity index (χ2n) is 3.30. The van der Waals surface area contributed by atoms with E-state index in [0.717, 1.165) is 25.1 Å². The molecule has 0 radical (unpaired) electrons. The minimum Gasteiger partial charge on any atom is -0.317 e. The summed E-state index contributed by atoms with van der Waals surface area (Å²) in [5, 5.41) is 3.83. The fourth-order valence-corrected chi connectivity index (χ4v) is 1.59. The summed E-state index contributed by atoms with van der Waals surface area (Å²) in [5.74, 6) is -0.180. The topological polar surface area (TPSA) is 12.0 Å². The lowest BCUT2D eigenvalue weighted by Gasteiger charge is -2.06. The number of hydrogen-bond donors (Lipinski definition) is 1. The summed E-state index contributed by atoms with van der Waals surface area (Å²) in [6.45, 7) is 5.51. The zero-order valence-corrected chi connectivity index (χ0v) is 9.29. The van der Waals surface area contributed by atoms with Crippen LogP contribution >= 0.6 is 11.6 Å². The Morgan fingerprint density at radius 3 is 2.79 bits per heavy atom. The van der Waals surface area contributed by atoms with Gasteiger partial charge in [0.15, 0.2) is 0 Å². The van der Waals surface area contributed by atoms with E-state index in [-0.39, 0.29) is 5.82 Å². The molecule has 0 aliphatic heterocycles. The molecule has 0 saturated carbocycles. The van der Waals surface area contributed by atoms with Crippen LogP contribution in [-0.2, 0) is 6.42 Å². The van der Waals surface area contributed by atoms with Crippen molar-refractivity contribution in [2.75, 3.05) is 13.1 Å². The van der Waals surface area contributed by atoms with E-state index in [1.807, 2.05) is 6.92 Å². The average Bonchev–Trinajstić information content (AvgIpc) is 2.14. The van der Waals surface area contributed by atoms with Crippen molar-refractivity contribution in [3.05, 3.63) is 34.1 Å². The summed E-state index contributed by atoms with van der Waals surface area (Å²) >= 11 is 5.99. The van der Waals surface area contributed by atoms with Gasteiger partial charge in [0, 0.05) is 5.02 Å². The van der Waals surface area contributed by atoms with Gasteiger partial charge >= 0.3 is 0 Å². The Kier molecular flexibility index (Phi) is 4.36. The van der Waals surface area contributed by atoms with Gasteiger partial charge in [0.05, 0.1) is 0 Å². The molecule has 14 heavy (non-hydrogen) atoms. The SMILES string of the molecule is CCNCCc1cc(F)c(C)cc1Cl. The van der Waals surface area contributed by atoms with Crippen LogP contribution in [0.4, 0.5) is 4.39 Å². The maximum atomic E-state index is 13.2. The molecule has 1 rings (SSSR count). The lowest BCUT2D eigenvalue weighted by molar-refractivity contribution is 0.614. The highest BCUT2D eigenvalue weighted by Gasteiger charge is 2.04. The second kappa shape index (κ2) is 5.32. The Balaban J connectivity index is 2.72. The van der Waals surface area contributed by atoms with Gasteiger partial charge in [-0.1, -0.05) is 18.5 Å². The van der Waals surface area contributed by atoms with E-state index in [2.05, 4.69) is 5.32 Å². The average molecular weight is 216 g/mol. The van der Waals surface area contributed by atoms with Crippen LogP contribution in [0.2, 0.25) is 5.02 Å². The van der Waals surface area contributed by atoms with E-state index in [4.69, 9.17) is 11.6 Å². The van der Waals surface area contributed by atoms with Crippen molar-refractivity contribution in [3.8, 4) is 0 Å². The lowest BCUT2D eigenvalue weighted by Crippen LogP contribution is -2.16. The van der Waals surface area contributed by atoms with Gasteiger partial charge < -0.3 is 5.32 Å². The largest absolute Gasteiger partial charge is 0.317 e. The van der Waals surface area contributed by atoms with E-state index >= 15 is 0 Å². The van der Waals surface area contributed by atoms with Crippen molar-refractivity contribution < 1.29 is 4.39 Å². The fraction of sp³-hybridized carbons (Fsp3) is 0.455. The molecule has 1 aromatic carbocycles. The van der Waals surface area contributed by atoms with Gasteiger partial charge in [0.25, 0.3) is 0 Å². The van der Waals surface area contributed by atoms with Crippen molar-refractivity contribution in [2.45, 2.75) is 20.3 Å². The molecule has 0 aliphatic rings. The first kappa shape index (κ1) is 11.5. The zero-order chi connectivity index (χ0) is 10.6. The molecule has 0 aliphatic carbocycles. The third-order valence-corrected chi connectivity index (χ3v) is 2.50. The second-order valence-corrected chi connectivity index (χ2v) is 3.70. The molecule has 0 unspecified atom stereocenters. The van der Waals surface area contributed by atoms with E-state index < -0.39 is 0 Å². The van der Waals surface area contributed by atoms with Gasteiger partial charge in [0.2, 0.25) is 0 Å². The van der Waals surface area contributed by atoms with Crippen LogP contribution in [0.3, 0.4) is 0 Å². The minimum atomic E-state index is -0.180. The summed E-state index contributed by atoms with van der Waals surface area (Å²) in [6, 6.07) is 3.20. The minimum absolute atomic E-state index is 0.180. The summed E-state index contributed by atoms with van der Waals surface area (Å²) in [5.41, 5.74) is 1.47. The van der Waals surface area contributed by atoms with Crippen LogP contribution < -0.4 is 5.32 Å². The molecule has 0 heterocycles. The van der Waals surface area contributed by atoms with Crippen LogP contribution in [0, 0.1) is 12.7 Å². The Hall–Kier alpha value is -0.600. The Morgan fingerprint density at radius 1 is 1.43 bits per heavy atom. The Bertz CT molecular complexity index is 312. The molecule has 78 valence electrons. The standard InChI is InChI=1S/C11H15ClFN/c1-3-14-5-4-9-7-11(13)8(2)6-10(9)12/h6-7,14H,3-5H2,1-2H3. The highest BCUT2D eigenvalue weighted by molar-refractivity contribution is 6.31. The molecule has 0 fully saturated rings. The highest BCUT2D eigenvalue weighted by Crippen LogP contribution is 2.20. The first-order valence-electron chi connectivity index (χ1n) is 4.80. The normalized spacial score (nSPS) is 10.6. The van der Waals surface area contributed by atoms with Crippen molar-refractivity contribution in [3.63, 3.8) is 0 Å². The van der Waals surface area contributed by atoms with Gasteiger partial charge in [-0.05, 0) is 49.7 Å².